The molecule has 1 atom stereocenters. The van der Waals surface area contributed by atoms with E-state index in [-0.39, 0.29) is 17.2 Å². The number of hydrogen-bond acceptors (Lipinski definition) is 3. The maximum Gasteiger partial charge on any atom is 0.241 e. The highest BCUT2D eigenvalue weighted by atomic mass is 32.2. The van der Waals surface area contributed by atoms with Crippen molar-refractivity contribution in [3.63, 3.8) is 0 Å². The lowest BCUT2D eigenvalue weighted by atomic mass is 10.1. The fraction of sp³-hybridized carbons (Fsp3) is 0.208. The van der Waals surface area contributed by atoms with E-state index in [2.05, 4.69) is 10.0 Å². The molecule has 0 bridgehead atoms. The van der Waals surface area contributed by atoms with E-state index >= 15 is 0 Å². The van der Waals surface area contributed by atoms with Crippen LogP contribution in [0.2, 0.25) is 0 Å². The van der Waals surface area contributed by atoms with Gasteiger partial charge in [0.25, 0.3) is 0 Å². The smallest absolute Gasteiger partial charge is 0.241 e. The molecule has 1 amide bonds. The van der Waals surface area contributed by atoms with Gasteiger partial charge in [-0.25, -0.2) is 8.42 Å². The second-order valence-corrected chi connectivity index (χ2v) is 9.09. The van der Waals surface area contributed by atoms with E-state index < -0.39 is 16.1 Å². The fourth-order valence-electron chi connectivity index (χ4n) is 3.03. The highest BCUT2D eigenvalue weighted by Gasteiger charge is 2.26. The maximum atomic E-state index is 12.9. The molecular weight excluding hydrogens is 396 g/mol. The van der Waals surface area contributed by atoms with Crippen LogP contribution in [-0.4, -0.2) is 20.4 Å². The molecule has 30 heavy (non-hydrogen) atoms. The molecule has 156 valence electrons. The normalized spacial score (nSPS) is 12.3. The van der Waals surface area contributed by atoms with Gasteiger partial charge in [-0.2, -0.15) is 4.72 Å². The number of hydrogen-bond donors (Lipinski definition) is 2. The molecule has 6 heteroatoms. The van der Waals surface area contributed by atoms with Gasteiger partial charge in [0.05, 0.1) is 4.90 Å². The standard InChI is InChI=1S/C24H26N2O3S/c1-18-8-12-21(13-9-18)17-25-24(27)23(16-20-6-4-3-5-7-20)26-30(28,29)22-14-10-19(2)11-15-22/h3-15,23,26H,16-17H2,1-2H3,(H,25,27)/t23-/m1/s1. The Morgan fingerprint density at radius 3 is 1.97 bits per heavy atom. The number of benzene rings is 3. The Morgan fingerprint density at radius 1 is 0.800 bits per heavy atom. The number of carbonyl (C=O) groups excluding carboxylic acids is 1. The van der Waals surface area contributed by atoms with Crippen molar-refractivity contribution < 1.29 is 13.2 Å². The summed E-state index contributed by atoms with van der Waals surface area (Å²) >= 11 is 0. The van der Waals surface area contributed by atoms with Gasteiger partial charge < -0.3 is 5.32 Å². The first-order chi connectivity index (χ1) is 14.3. The van der Waals surface area contributed by atoms with Crippen molar-refractivity contribution in [3.05, 3.63) is 101 Å². The van der Waals surface area contributed by atoms with Crippen molar-refractivity contribution in [1.82, 2.24) is 10.0 Å². The van der Waals surface area contributed by atoms with Crippen molar-refractivity contribution in [2.75, 3.05) is 0 Å². The summed E-state index contributed by atoms with van der Waals surface area (Å²) in [4.78, 5) is 13.0. The van der Waals surface area contributed by atoms with E-state index in [0.717, 1.165) is 22.3 Å². The van der Waals surface area contributed by atoms with Gasteiger partial charge in [-0.1, -0.05) is 77.9 Å². The number of rotatable bonds is 8. The molecule has 3 aromatic rings. The van der Waals surface area contributed by atoms with Crippen LogP contribution in [0, 0.1) is 13.8 Å². The van der Waals surface area contributed by atoms with Gasteiger partial charge in [-0.15, -0.1) is 0 Å². The second-order valence-electron chi connectivity index (χ2n) is 7.38. The van der Waals surface area contributed by atoms with Crippen LogP contribution in [-0.2, 0) is 27.8 Å². The molecule has 0 fully saturated rings. The van der Waals surface area contributed by atoms with Crippen LogP contribution in [0.3, 0.4) is 0 Å². The summed E-state index contributed by atoms with van der Waals surface area (Å²) in [7, 11) is -3.84. The van der Waals surface area contributed by atoms with Gasteiger partial charge in [0.15, 0.2) is 0 Å². The number of amides is 1. The molecule has 0 aromatic heterocycles. The van der Waals surface area contributed by atoms with Crippen LogP contribution < -0.4 is 10.0 Å². The third kappa shape index (κ3) is 6.02. The fourth-order valence-corrected chi connectivity index (χ4v) is 4.22. The number of carbonyl (C=O) groups is 1. The van der Waals surface area contributed by atoms with E-state index in [1.165, 1.54) is 0 Å². The quantitative estimate of drug-likeness (QED) is 0.583. The molecule has 0 saturated heterocycles. The van der Waals surface area contributed by atoms with Crippen LogP contribution in [0.1, 0.15) is 22.3 Å². The van der Waals surface area contributed by atoms with Gasteiger partial charge in [0.2, 0.25) is 15.9 Å². The van der Waals surface area contributed by atoms with Crippen LogP contribution in [0.15, 0.2) is 83.8 Å². The molecule has 0 spiro atoms. The zero-order valence-corrected chi connectivity index (χ0v) is 17.9. The molecular formula is C24H26N2O3S. The predicted molar refractivity (Wildman–Crippen MR) is 118 cm³/mol. The average Bonchev–Trinajstić information content (AvgIpc) is 2.73. The van der Waals surface area contributed by atoms with Crippen molar-refractivity contribution in [2.45, 2.75) is 37.8 Å². The summed E-state index contributed by atoms with van der Waals surface area (Å²) in [6.07, 6.45) is 0.256. The Hall–Kier alpha value is -2.96. The van der Waals surface area contributed by atoms with E-state index in [1.807, 2.05) is 68.4 Å². The highest BCUT2D eigenvalue weighted by Crippen LogP contribution is 2.13. The van der Waals surface area contributed by atoms with Crippen LogP contribution in [0.4, 0.5) is 0 Å². The first-order valence-electron chi connectivity index (χ1n) is 9.80. The van der Waals surface area contributed by atoms with Crippen LogP contribution in [0.25, 0.3) is 0 Å². The van der Waals surface area contributed by atoms with Gasteiger partial charge in [-0.3, -0.25) is 4.79 Å². The first kappa shape index (κ1) is 21.7. The zero-order chi connectivity index (χ0) is 21.6. The molecule has 0 radical (unpaired) electrons. The summed E-state index contributed by atoms with van der Waals surface area (Å²) in [5.41, 5.74) is 3.93. The van der Waals surface area contributed by atoms with Gasteiger partial charge in [-0.05, 0) is 43.5 Å². The van der Waals surface area contributed by atoms with Crippen molar-refractivity contribution in [2.24, 2.45) is 0 Å². The van der Waals surface area contributed by atoms with Gasteiger partial charge >= 0.3 is 0 Å². The van der Waals surface area contributed by atoms with Crippen molar-refractivity contribution >= 4 is 15.9 Å². The molecule has 0 aliphatic rings. The van der Waals surface area contributed by atoms with Crippen molar-refractivity contribution in [1.29, 1.82) is 0 Å². The Kier molecular flexibility index (Phi) is 7.03. The maximum absolute atomic E-state index is 12.9. The summed E-state index contributed by atoms with van der Waals surface area (Å²) in [6.45, 7) is 4.22. The van der Waals surface area contributed by atoms with Gasteiger partial charge in [0.1, 0.15) is 6.04 Å². The molecule has 0 heterocycles. The second kappa shape index (κ2) is 9.69. The zero-order valence-electron chi connectivity index (χ0n) is 17.1. The third-order valence-corrected chi connectivity index (χ3v) is 6.30. The summed E-state index contributed by atoms with van der Waals surface area (Å²) in [6, 6.07) is 22.8. The monoisotopic (exact) mass is 422 g/mol. The molecule has 0 aliphatic carbocycles. The van der Waals surface area contributed by atoms with Crippen LogP contribution in [0.5, 0.6) is 0 Å². The largest absolute Gasteiger partial charge is 0.351 e. The van der Waals surface area contributed by atoms with E-state index in [0.29, 0.717) is 6.54 Å². The Labute approximate surface area is 178 Å². The lowest BCUT2D eigenvalue weighted by molar-refractivity contribution is -0.122. The minimum absolute atomic E-state index is 0.137. The van der Waals surface area contributed by atoms with Crippen LogP contribution >= 0.6 is 0 Å². The lowest BCUT2D eigenvalue weighted by Gasteiger charge is -2.19. The molecule has 0 unspecified atom stereocenters. The number of aryl methyl sites for hydroxylation is 2. The molecule has 5 nitrogen and oxygen atoms in total. The molecule has 2 N–H and O–H groups in total. The summed E-state index contributed by atoms with van der Waals surface area (Å²) < 4.78 is 28.3. The average molecular weight is 423 g/mol. The molecule has 3 aromatic carbocycles. The number of sulfonamides is 1. The minimum Gasteiger partial charge on any atom is -0.351 e. The lowest BCUT2D eigenvalue weighted by Crippen LogP contribution is -2.47. The Bertz CT molecular complexity index is 1080. The molecule has 0 saturated carbocycles. The third-order valence-electron chi connectivity index (χ3n) is 4.82. The predicted octanol–water partition coefficient (Wildman–Crippen LogP) is 3.51. The summed E-state index contributed by atoms with van der Waals surface area (Å²) in [5, 5.41) is 2.86. The van der Waals surface area contributed by atoms with Gasteiger partial charge in [0, 0.05) is 6.54 Å². The topological polar surface area (TPSA) is 75.3 Å². The molecule has 3 rings (SSSR count). The van der Waals surface area contributed by atoms with E-state index in [1.54, 1.807) is 24.3 Å². The number of nitrogens with one attached hydrogen (secondary N) is 2. The van der Waals surface area contributed by atoms with E-state index in [9.17, 15) is 13.2 Å². The van der Waals surface area contributed by atoms with E-state index in [4.69, 9.17) is 0 Å². The van der Waals surface area contributed by atoms with Crippen molar-refractivity contribution in [3.8, 4) is 0 Å². The Morgan fingerprint density at radius 2 is 1.37 bits per heavy atom. The summed E-state index contributed by atoms with van der Waals surface area (Å²) in [5.74, 6) is -0.366. The first-order valence-corrected chi connectivity index (χ1v) is 11.3. The highest BCUT2D eigenvalue weighted by molar-refractivity contribution is 7.89. The molecule has 0 aliphatic heterocycles. The Balaban J connectivity index is 1.77. The minimum atomic E-state index is -3.84. The SMILES string of the molecule is Cc1ccc(CNC(=O)[C@@H](Cc2ccccc2)NS(=O)(=O)c2ccc(C)cc2)cc1.